The van der Waals surface area contributed by atoms with Crippen molar-refractivity contribution in [3.05, 3.63) is 58.9 Å². The number of fused-ring (bicyclic) bond motifs is 1. The Morgan fingerprint density at radius 1 is 1.38 bits per heavy atom. The van der Waals surface area contributed by atoms with Crippen LogP contribution < -0.4 is 4.74 Å². The largest absolute Gasteiger partial charge is 0.489 e. The van der Waals surface area contributed by atoms with Gasteiger partial charge in [0.1, 0.15) is 11.9 Å². The molecule has 0 aliphatic carbocycles. The van der Waals surface area contributed by atoms with E-state index in [-0.39, 0.29) is 6.10 Å². The predicted molar refractivity (Wildman–Crippen MR) is 84.5 cm³/mol. The molecule has 2 aromatic rings. The molecular weight excluding hydrogens is 284 g/mol. The molecule has 0 spiro atoms. The lowest BCUT2D eigenvalue weighted by Gasteiger charge is -2.23. The molecule has 110 valence electrons. The van der Waals surface area contributed by atoms with Gasteiger partial charge in [0.05, 0.1) is 0 Å². The van der Waals surface area contributed by atoms with Crippen molar-refractivity contribution in [3.8, 4) is 5.75 Å². The van der Waals surface area contributed by atoms with Gasteiger partial charge >= 0.3 is 0 Å². The summed E-state index contributed by atoms with van der Waals surface area (Å²) in [6.45, 7) is 4.83. The first-order chi connectivity index (χ1) is 10.2. The highest BCUT2D eigenvalue weighted by molar-refractivity contribution is 6.30. The maximum Gasteiger partial charge on any atom is 0.125 e. The Kier molecular flexibility index (Phi) is 4.42. The van der Waals surface area contributed by atoms with Crippen molar-refractivity contribution < 1.29 is 4.74 Å². The second-order valence-corrected chi connectivity index (χ2v) is 5.87. The average Bonchev–Trinajstić information content (AvgIpc) is 2.66. The number of ether oxygens (including phenoxy) is 1. The van der Waals surface area contributed by atoms with E-state index in [0.29, 0.717) is 0 Å². The molecule has 3 nitrogen and oxygen atoms in total. The van der Waals surface area contributed by atoms with Crippen molar-refractivity contribution in [2.75, 3.05) is 6.54 Å². The summed E-state index contributed by atoms with van der Waals surface area (Å²) < 4.78 is 6.11. The predicted octanol–water partition coefficient (Wildman–Crippen LogP) is 3.91. The van der Waals surface area contributed by atoms with E-state index in [9.17, 15) is 0 Å². The van der Waals surface area contributed by atoms with Crippen LogP contribution in [-0.4, -0.2) is 22.5 Å². The fraction of sp³-hybridized carbons (Fsp3) is 0.353. The molecule has 0 N–H and O–H groups in total. The zero-order valence-corrected chi connectivity index (χ0v) is 12.9. The van der Waals surface area contributed by atoms with Crippen molar-refractivity contribution in [3.63, 3.8) is 0 Å². The van der Waals surface area contributed by atoms with Crippen molar-refractivity contribution in [1.29, 1.82) is 0 Å². The molecule has 3 rings (SSSR count). The third-order valence-electron chi connectivity index (χ3n) is 3.76. The van der Waals surface area contributed by atoms with E-state index < -0.39 is 0 Å². The van der Waals surface area contributed by atoms with Crippen molar-refractivity contribution in [2.24, 2.45) is 0 Å². The lowest BCUT2D eigenvalue weighted by Crippen LogP contribution is -2.32. The summed E-state index contributed by atoms with van der Waals surface area (Å²) in [6, 6.07) is 10.0. The van der Waals surface area contributed by atoms with Crippen molar-refractivity contribution >= 4 is 11.6 Å². The fourth-order valence-corrected chi connectivity index (χ4v) is 2.82. The molecule has 0 amide bonds. The van der Waals surface area contributed by atoms with Crippen LogP contribution in [0.3, 0.4) is 0 Å². The Balaban J connectivity index is 1.83. The smallest absolute Gasteiger partial charge is 0.125 e. The lowest BCUT2D eigenvalue weighted by molar-refractivity contribution is 0.139. The standard InChI is InChI=1S/C17H19ClN2O/c1-2-16-12-20(10-13-4-3-7-19-9-13)11-14-5-6-15(18)8-17(14)21-16/h3-9,16H,2,10-12H2,1H3. The highest BCUT2D eigenvalue weighted by Gasteiger charge is 2.22. The number of aromatic nitrogens is 1. The third kappa shape index (κ3) is 3.55. The minimum atomic E-state index is 0.196. The normalized spacial score (nSPS) is 18.7. The van der Waals surface area contributed by atoms with Gasteiger partial charge in [0.2, 0.25) is 0 Å². The second-order valence-electron chi connectivity index (χ2n) is 5.43. The van der Waals surface area contributed by atoms with E-state index >= 15 is 0 Å². The molecule has 0 radical (unpaired) electrons. The number of hydrogen-bond acceptors (Lipinski definition) is 3. The van der Waals surface area contributed by atoms with Gasteiger partial charge in [-0.05, 0) is 30.2 Å². The SMILES string of the molecule is CCC1CN(Cc2cccnc2)Cc2ccc(Cl)cc2O1. The number of nitrogens with zero attached hydrogens (tertiary/aromatic N) is 2. The van der Waals surface area contributed by atoms with Gasteiger partial charge in [0.25, 0.3) is 0 Å². The molecule has 0 bridgehead atoms. The molecule has 1 unspecified atom stereocenters. The Labute approximate surface area is 130 Å². The van der Waals surface area contributed by atoms with E-state index in [1.165, 1.54) is 11.1 Å². The molecule has 1 aliphatic rings. The van der Waals surface area contributed by atoms with E-state index in [0.717, 1.165) is 36.8 Å². The van der Waals surface area contributed by atoms with Gasteiger partial charge < -0.3 is 4.74 Å². The monoisotopic (exact) mass is 302 g/mol. The van der Waals surface area contributed by atoms with Crippen LogP contribution in [0.2, 0.25) is 5.02 Å². The maximum absolute atomic E-state index is 6.11. The minimum Gasteiger partial charge on any atom is -0.489 e. The molecule has 21 heavy (non-hydrogen) atoms. The molecule has 0 fully saturated rings. The fourth-order valence-electron chi connectivity index (χ4n) is 2.66. The first-order valence-electron chi connectivity index (χ1n) is 7.31. The minimum absolute atomic E-state index is 0.196. The van der Waals surface area contributed by atoms with Crippen LogP contribution in [0, 0.1) is 0 Å². The number of halogens is 1. The van der Waals surface area contributed by atoms with Gasteiger partial charge in [-0.15, -0.1) is 0 Å². The number of pyridine rings is 1. The van der Waals surface area contributed by atoms with Crippen LogP contribution in [0.15, 0.2) is 42.7 Å². The molecule has 1 atom stereocenters. The first-order valence-corrected chi connectivity index (χ1v) is 7.68. The third-order valence-corrected chi connectivity index (χ3v) is 4.00. The van der Waals surface area contributed by atoms with Crippen LogP contribution in [0.4, 0.5) is 0 Å². The van der Waals surface area contributed by atoms with Gasteiger partial charge in [0.15, 0.2) is 0 Å². The van der Waals surface area contributed by atoms with Crippen LogP contribution in [0.5, 0.6) is 5.75 Å². The zero-order valence-electron chi connectivity index (χ0n) is 12.1. The molecular formula is C17H19ClN2O. The first kappa shape index (κ1) is 14.4. The highest BCUT2D eigenvalue weighted by atomic mass is 35.5. The Morgan fingerprint density at radius 2 is 2.29 bits per heavy atom. The van der Waals surface area contributed by atoms with Crippen LogP contribution in [0.1, 0.15) is 24.5 Å². The quantitative estimate of drug-likeness (QED) is 0.859. The molecule has 4 heteroatoms. The van der Waals surface area contributed by atoms with Gasteiger partial charge in [0, 0.05) is 42.6 Å². The van der Waals surface area contributed by atoms with E-state index in [4.69, 9.17) is 16.3 Å². The molecule has 2 heterocycles. The Bertz CT molecular complexity index is 603. The van der Waals surface area contributed by atoms with Crippen LogP contribution in [-0.2, 0) is 13.1 Å². The number of hydrogen-bond donors (Lipinski definition) is 0. The average molecular weight is 303 g/mol. The topological polar surface area (TPSA) is 25.4 Å². The summed E-state index contributed by atoms with van der Waals surface area (Å²) in [5.74, 6) is 0.919. The van der Waals surface area contributed by atoms with Crippen molar-refractivity contribution in [2.45, 2.75) is 32.5 Å². The van der Waals surface area contributed by atoms with Crippen molar-refractivity contribution in [1.82, 2.24) is 9.88 Å². The summed E-state index contributed by atoms with van der Waals surface area (Å²) in [5, 5.41) is 0.726. The summed E-state index contributed by atoms with van der Waals surface area (Å²) in [5.41, 5.74) is 2.42. The Morgan fingerprint density at radius 3 is 3.05 bits per heavy atom. The highest BCUT2D eigenvalue weighted by Crippen LogP contribution is 2.29. The van der Waals surface area contributed by atoms with Crippen LogP contribution in [0.25, 0.3) is 0 Å². The number of rotatable bonds is 3. The van der Waals surface area contributed by atoms with E-state index in [1.54, 1.807) is 6.20 Å². The van der Waals surface area contributed by atoms with E-state index in [2.05, 4.69) is 28.9 Å². The summed E-state index contributed by atoms with van der Waals surface area (Å²) in [4.78, 5) is 6.60. The summed E-state index contributed by atoms with van der Waals surface area (Å²) in [6.07, 6.45) is 4.91. The second kappa shape index (κ2) is 6.46. The van der Waals surface area contributed by atoms with Crippen LogP contribution >= 0.6 is 11.6 Å². The summed E-state index contributed by atoms with van der Waals surface area (Å²) in [7, 11) is 0. The van der Waals surface area contributed by atoms with Gasteiger partial charge in [-0.3, -0.25) is 9.88 Å². The molecule has 1 aliphatic heterocycles. The molecule has 0 saturated heterocycles. The number of benzene rings is 1. The molecule has 1 aromatic carbocycles. The van der Waals surface area contributed by atoms with Gasteiger partial charge in [-0.2, -0.15) is 0 Å². The Hall–Kier alpha value is -1.58. The molecule has 1 aromatic heterocycles. The summed E-state index contributed by atoms with van der Waals surface area (Å²) >= 11 is 6.09. The maximum atomic E-state index is 6.11. The van der Waals surface area contributed by atoms with Gasteiger partial charge in [-0.25, -0.2) is 0 Å². The molecule has 0 saturated carbocycles. The lowest BCUT2D eigenvalue weighted by atomic mass is 10.1. The zero-order chi connectivity index (χ0) is 14.7. The van der Waals surface area contributed by atoms with E-state index in [1.807, 2.05) is 24.4 Å². The van der Waals surface area contributed by atoms with Gasteiger partial charge in [-0.1, -0.05) is 30.7 Å².